The van der Waals surface area contributed by atoms with Gasteiger partial charge in [-0.3, -0.25) is 4.79 Å². The van der Waals surface area contributed by atoms with E-state index in [-0.39, 0.29) is 5.91 Å². The van der Waals surface area contributed by atoms with Gasteiger partial charge in [0.15, 0.2) is 0 Å². The molecule has 1 heterocycles. The first-order chi connectivity index (χ1) is 13.2. The van der Waals surface area contributed by atoms with Crippen molar-refractivity contribution >= 4 is 17.3 Å². The quantitative estimate of drug-likeness (QED) is 0.793. The largest absolute Gasteiger partial charge is 0.497 e. The second kappa shape index (κ2) is 9.31. The van der Waals surface area contributed by atoms with Crippen LogP contribution in [0.5, 0.6) is 11.5 Å². The van der Waals surface area contributed by atoms with Gasteiger partial charge in [0, 0.05) is 19.5 Å². The molecule has 1 aliphatic heterocycles. The van der Waals surface area contributed by atoms with E-state index in [0.29, 0.717) is 12.8 Å². The van der Waals surface area contributed by atoms with E-state index in [9.17, 15) is 4.79 Å². The first kappa shape index (κ1) is 19.1. The zero-order valence-corrected chi connectivity index (χ0v) is 16.2. The fourth-order valence-corrected chi connectivity index (χ4v) is 3.53. The van der Waals surface area contributed by atoms with Gasteiger partial charge in [-0.25, -0.2) is 0 Å². The van der Waals surface area contributed by atoms with Crippen molar-refractivity contribution in [3.63, 3.8) is 0 Å². The van der Waals surface area contributed by atoms with Gasteiger partial charge in [0.1, 0.15) is 11.5 Å². The van der Waals surface area contributed by atoms with Gasteiger partial charge in [-0.15, -0.1) is 0 Å². The third-order valence-corrected chi connectivity index (χ3v) is 4.98. The van der Waals surface area contributed by atoms with Crippen molar-refractivity contribution in [3.8, 4) is 11.5 Å². The summed E-state index contributed by atoms with van der Waals surface area (Å²) < 4.78 is 10.7. The van der Waals surface area contributed by atoms with E-state index >= 15 is 0 Å². The lowest BCUT2D eigenvalue weighted by Gasteiger charge is -2.30. The Bertz CT molecular complexity index is 770. The average molecular weight is 368 g/mol. The van der Waals surface area contributed by atoms with Crippen LogP contribution in [0.4, 0.5) is 11.4 Å². The van der Waals surface area contributed by atoms with Crippen LogP contribution in [0.1, 0.15) is 31.2 Å². The van der Waals surface area contributed by atoms with Crippen molar-refractivity contribution in [2.24, 2.45) is 0 Å². The number of carbonyl (C=O) groups is 1. The van der Waals surface area contributed by atoms with Crippen molar-refractivity contribution in [1.82, 2.24) is 0 Å². The maximum Gasteiger partial charge on any atom is 0.224 e. The summed E-state index contributed by atoms with van der Waals surface area (Å²) in [7, 11) is 3.27. The van der Waals surface area contributed by atoms with Crippen LogP contribution in [0, 0.1) is 0 Å². The smallest absolute Gasteiger partial charge is 0.224 e. The van der Waals surface area contributed by atoms with E-state index in [1.165, 1.54) is 19.3 Å². The van der Waals surface area contributed by atoms with Crippen molar-refractivity contribution in [1.29, 1.82) is 0 Å². The number of para-hydroxylation sites is 2. The van der Waals surface area contributed by atoms with Crippen LogP contribution in [0.2, 0.25) is 0 Å². The molecule has 144 valence electrons. The van der Waals surface area contributed by atoms with Crippen molar-refractivity contribution in [3.05, 3.63) is 48.0 Å². The lowest BCUT2D eigenvalue weighted by Crippen LogP contribution is -2.30. The lowest BCUT2D eigenvalue weighted by atomic mass is 10.1. The Labute approximate surface area is 161 Å². The molecular weight excluding hydrogens is 340 g/mol. The molecule has 0 bridgehead atoms. The molecule has 1 amide bonds. The van der Waals surface area contributed by atoms with Crippen molar-refractivity contribution in [2.75, 3.05) is 37.5 Å². The number of rotatable bonds is 7. The van der Waals surface area contributed by atoms with Crippen LogP contribution in [0.25, 0.3) is 0 Å². The van der Waals surface area contributed by atoms with E-state index in [4.69, 9.17) is 9.47 Å². The summed E-state index contributed by atoms with van der Waals surface area (Å²) in [5.74, 6) is 1.54. The monoisotopic (exact) mass is 368 g/mol. The molecule has 0 saturated carbocycles. The van der Waals surface area contributed by atoms with Crippen LogP contribution >= 0.6 is 0 Å². The van der Waals surface area contributed by atoms with Gasteiger partial charge in [0.25, 0.3) is 0 Å². The van der Waals surface area contributed by atoms with Gasteiger partial charge in [-0.05, 0) is 61.6 Å². The molecule has 5 heteroatoms. The standard InChI is InChI=1S/C22H28N2O3/c1-26-18-11-12-21(27-2)17(16-18)10-13-22(25)23-19-8-4-5-9-20(19)24-14-6-3-7-15-24/h4-5,8-9,11-12,16H,3,6-7,10,13-15H2,1-2H3,(H,23,25). The highest BCUT2D eigenvalue weighted by Gasteiger charge is 2.16. The van der Waals surface area contributed by atoms with Gasteiger partial charge in [0.2, 0.25) is 5.91 Å². The predicted molar refractivity (Wildman–Crippen MR) is 109 cm³/mol. The number of nitrogens with one attached hydrogen (secondary N) is 1. The van der Waals surface area contributed by atoms with Gasteiger partial charge in [0.05, 0.1) is 25.6 Å². The summed E-state index contributed by atoms with van der Waals surface area (Å²) in [4.78, 5) is 14.9. The first-order valence-corrected chi connectivity index (χ1v) is 9.56. The summed E-state index contributed by atoms with van der Waals surface area (Å²) >= 11 is 0. The number of benzene rings is 2. The van der Waals surface area contributed by atoms with E-state index in [0.717, 1.165) is 41.5 Å². The number of piperidine rings is 1. The fraction of sp³-hybridized carbons (Fsp3) is 0.409. The van der Waals surface area contributed by atoms with E-state index in [2.05, 4.69) is 16.3 Å². The number of ether oxygens (including phenoxy) is 2. The Kier molecular flexibility index (Phi) is 6.58. The zero-order valence-electron chi connectivity index (χ0n) is 16.2. The summed E-state index contributed by atoms with van der Waals surface area (Å²) in [5.41, 5.74) is 2.97. The molecule has 27 heavy (non-hydrogen) atoms. The minimum absolute atomic E-state index is 0.00401. The number of amides is 1. The van der Waals surface area contributed by atoms with Crippen molar-refractivity contribution in [2.45, 2.75) is 32.1 Å². The molecular formula is C22H28N2O3. The molecule has 1 saturated heterocycles. The molecule has 1 aliphatic rings. The molecule has 3 rings (SSSR count). The zero-order chi connectivity index (χ0) is 19.1. The lowest BCUT2D eigenvalue weighted by molar-refractivity contribution is -0.116. The Balaban J connectivity index is 1.65. The maximum atomic E-state index is 12.6. The molecule has 2 aromatic rings. The molecule has 0 spiro atoms. The third-order valence-electron chi connectivity index (χ3n) is 4.98. The molecule has 5 nitrogen and oxygen atoms in total. The highest BCUT2D eigenvalue weighted by atomic mass is 16.5. The Morgan fingerprint density at radius 2 is 1.81 bits per heavy atom. The molecule has 0 aromatic heterocycles. The Morgan fingerprint density at radius 3 is 2.56 bits per heavy atom. The van der Waals surface area contributed by atoms with E-state index in [1.54, 1.807) is 14.2 Å². The molecule has 1 N–H and O–H groups in total. The molecule has 0 radical (unpaired) electrons. The van der Waals surface area contributed by atoms with Crippen LogP contribution < -0.4 is 19.7 Å². The number of hydrogen-bond donors (Lipinski definition) is 1. The summed E-state index contributed by atoms with van der Waals surface area (Å²) in [6.45, 7) is 2.10. The average Bonchev–Trinajstić information content (AvgIpc) is 2.73. The number of carbonyl (C=O) groups excluding carboxylic acids is 1. The van der Waals surface area contributed by atoms with Gasteiger partial charge in [-0.1, -0.05) is 12.1 Å². The van der Waals surface area contributed by atoms with E-state index < -0.39 is 0 Å². The Morgan fingerprint density at radius 1 is 1.04 bits per heavy atom. The number of nitrogens with zero attached hydrogens (tertiary/aromatic N) is 1. The number of hydrogen-bond acceptors (Lipinski definition) is 4. The molecule has 0 aliphatic carbocycles. The second-order valence-corrected chi connectivity index (χ2v) is 6.79. The van der Waals surface area contributed by atoms with Gasteiger partial charge >= 0.3 is 0 Å². The molecule has 1 fully saturated rings. The second-order valence-electron chi connectivity index (χ2n) is 6.79. The van der Waals surface area contributed by atoms with E-state index in [1.807, 2.05) is 36.4 Å². The minimum Gasteiger partial charge on any atom is -0.497 e. The van der Waals surface area contributed by atoms with Gasteiger partial charge in [-0.2, -0.15) is 0 Å². The maximum absolute atomic E-state index is 12.6. The molecule has 0 atom stereocenters. The summed E-state index contributed by atoms with van der Waals surface area (Å²) in [6.07, 6.45) is 4.68. The van der Waals surface area contributed by atoms with Crippen LogP contribution in [0.15, 0.2) is 42.5 Å². The summed E-state index contributed by atoms with van der Waals surface area (Å²) in [6, 6.07) is 13.7. The van der Waals surface area contributed by atoms with Crippen LogP contribution in [-0.4, -0.2) is 33.2 Å². The Hall–Kier alpha value is -2.69. The predicted octanol–water partition coefficient (Wildman–Crippen LogP) is 4.27. The highest BCUT2D eigenvalue weighted by Crippen LogP contribution is 2.29. The molecule has 0 unspecified atom stereocenters. The SMILES string of the molecule is COc1ccc(OC)c(CCC(=O)Nc2ccccc2N2CCCCC2)c1. The van der Waals surface area contributed by atoms with Crippen molar-refractivity contribution < 1.29 is 14.3 Å². The minimum atomic E-state index is 0.00401. The number of anilines is 2. The topological polar surface area (TPSA) is 50.8 Å². The molecule has 2 aromatic carbocycles. The highest BCUT2D eigenvalue weighted by molar-refractivity contribution is 5.94. The normalized spacial score (nSPS) is 13.9. The first-order valence-electron chi connectivity index (χ1n) is 9.56. The fourth-order valence-electron chi connectivity index (χ4n) is 3.53. The van der Waals surface area contributed by atoms with Gasteiger partial charge < -0.3 is 19.7 Å². The number of methoxy groups -OCH3 is 2. The van der Waals surface area contributed by atoms with Crippen LogP contribution in [-0.2, 0) is 11.2 Å². The third kappa shape index (κ3) is 4.94. The number of aryl methyl sites for hydroxylation is 1. The summed E-state index contributed by atoms with van der Waals surface area (Å²) in [5, 5.41) is 3.09. The van der Waals surface area contributed by atoms with Crippen LogP contribution in [0.3, 0.4) is 0 Å².